The van der Waals surface area contributed by atoms with E-state index in [1.54, 1.807) is 19.2 Å². The van der Waals surface area contributed by atoms with Crippen LogP contribution in [0.25, 0.3) is 11.0 Å². The van der Waals surface area contributed by atoms with Gasteiger partial charge in [-0.05, 0) is 25.3 Å². The van der Waals surface area contributed by atoms with Gasteiger partial charge in [0.05, 0.1) is 12.2 Å². The third kappa shape index (κ3) is 3.67. The van der Waals surface area contributed by atoms with Crippen molar-refractivity contribution < 1.29 is 13.2 Å². The first-order valence-corrected chi connectivity index (χ1v) is 8.46. The molecule has 142 valence electrons. The number of nitrogens with zero attached hydrogens (tertiary/aromatic N) is 5. The van der Waals surface area contributed by atoms with Gasteiger partial charge < -0.3 is 0 Å². The van der Waals surface area contributed by atoms with Crippen molar-refractivity contribution in [1.82, 2.24) is 24.5 Å². The minimum absolute atomic E-state index is 0.0570. The van der Waals surface area contributed by atoms with Crippen LogP contribution in [0.5, 0.6) is 0 Å². The second-order valence-electron chi connectivity index (χ2n) is 6.35. The molecule has 0 aliphatic rings. The number of pyridine rings is 1. The maximum absolute atomic E-state index is 13.3. The Morgan fingerprint density at radius 3 is 2.56 bits per heavy atom. The van der Waals surface area contributed by atoms with Gasteiger partial charge in [0.2, 0.25) is 0 Å². The zero-order valence-corrected chi connectivity index (χ0v) is 15.1. The van der Waals surface area contributed by atoms with E-state index in [1.165, 1.54) is 10.8 Å². The molecule has 9 heteroatoms. The first-order valence-electron chi connectivity index (χ1n) is 8.46. The number of aromatic nitrogens is 5. The Balaban J connectivity index is 2.27. The Kier molecular flexibility index (Phi) is 4.95. The summed E-state index contributed by atoms with van der Waals surface area (Å²) in [6.45, 7) is 5.11. The smallest absolute Gasteiger partial charge is 0.286 e. The summed E-state index contributed by atoms with van der Waals surface area (Å²) < 4.78 is 41.1. The van der Waals surface area contributed by atoms with Gasteiger partial charge in [0, 0.05) is 29.5 Å². The van der Waals surface area contributed by atoms with Crippen LogP contribution >= 0.6 is 0 Å². The van der Waals surface area contributed by atoms with Crippen LogP contribution < -0.4 is 5.56 Å². The van der Waals surface area contributed by atoms with Crippen LogP contribution in [0.2, 0.25) is 0 Å². The van der Waals surface area contributed by atoms with Crippen molar-refractivity contribution in [2.24, 2.45) is 0 Å². The van der Waals surface area contributed by atoms with Gasteiger partial charge in [-0.15, -0.1) is 0 Å². The molecule has 0 bridgehead atoms. The van der Waals surface area contributed by atoms with E-state index in [1.807, 2.05) is 13.8 Å². The monoisotopic (exact) mass is 377 g/mol. The number of aryl methyl sites for hydroxylation is 1. The lowest BCUT2D eigenvalue weighted by Gasteiger charge is -2.16. The summed E-state index contributed by atoms with van der Waals surface area (Å²) in [6, 6.07) is 1.71. The first kappa shape index (κ1) is 18.9. The van der Waals surface area contributed by atoms with Crippen molar-refractivity contribution in [1.29, 1.82) is 0 Å². The molecule has 0 aromatic carbocycles. The summed E-state index contributed by atoms with van der Waals surface area (Å²) in [4.78, 5) is 28.7. The zero-order valence-electron chi connectivity index (χ0n) is 15.1. The van der Waals surface area contributed by atoms with Crippen LogP contribution in [-0.2, 0) is 12.7 Å². The highest BCUT2D eigenvalue weighted by atomic mass is 19.4. The minimum atomic E-state index is -4.66. The third-order valence-corrected chi connectivity index (χ3v) is 4.47. The molecule has 3 rings (SSSR count). The van der Waals surface area contributed by atoms with Gasteiger partial charge in [-0.1, -0.05) is 13.8 Å². The van der Waals surface area contributed by atoms with Crippen LogP contribution in [0.4, 0.5) is 13.2 Å². The lowest BCUT2D eigenvalue weighted by molar-refractivity contribution is -0.142. The molecule has 0 aliphatic heterocycles. The first-order chi connectivity index (χ1) is 12.7. The number of fused-ring (bicyclic) bond motifs is 1. The van der Waals surface area contributed by atoms with Gasteiger partial charge in [0.15, 0.2) is 5.69 Å². The highest BCUT2D eigenvalue weighted by Gasteiger charge is 2.36. The second kappa shape index (κ2) is 7.05. The van der Waals surface area contributed by atoms with Crippen molar-refractivity contribution in [3.63, 3.8) is 0 Å². The van der Waals surface area contributed by atoms with Crippen molar-refractivity contribution in [2.45, 2.75) is 45.8 Å². The van der Waals surface area contributed by atoms with Crippen LogP contribution in [0.15, 0.2) is 29.5 Å². The molecule has 0 N–H and O–H groups in total. The number of hydrogen-bond acceptors (Lipinski definition) is 5. The summed E-state index contributed by atoms with van der Waals surface area (Å²) in [6.07, 6.45) is -0.221. The van der Waals surface area contributed by atoms with Crippen molar-refractivity contribution in [3.8, 4) is 0 Å². The molecule has 0 fully saturated rings. The fourth-order valence-corrected chi connectivity index (χ4v) is 2.86. The van der Waals surface area contributed by atoms with Crippen LogP contribution in [-0.4, -0.2) is 24.5 Å². The summed E-state index contributed by atoms with van der Waals surface area (Å²) in [5.41, 5.74) is -1.03. The molecule has 1 unspecified atom stereocenters. The van der Waals surface area contributed by atoms with Gasteiger partial charge in [-0.2, -0.15) is 13.2 Å². The normalized spacial score (nSPS) is 13.1. The van der Waals surface area contributed by atoms with E-state index in [0.717, 1.165) is 6.20 Å². The highest BCUT2D eigenvalue weighted by molar-refractivity contribution is 5.75. The van der Waals surface area contributed by atoms with E-state index in [2.05, 4.69) is 19.9 Å². The number of halogens is 3. The Bertz CT molecular complexity index is 1050. The van der Waals surface area contributed by atoms with E-state index < -0.39 is 11.9 Å². The Hall–Kier alpha value is -2.84. The molecule has 3 aromatic heterocycles. The quantitative estimate of drug-likeness (QED) is 0.696. The number of rotatable bonds is 4. The molecule has 3 aromatic rings. The fourth-order valence-electron chi connectivity index (χ4n) is 2.86. The predicted octanol–water partition coefficient (Wildman–Crippen LogP) is 3.47. The molecule has 6 nitrogen and oxygen atoms in total. The summed E-state index contributed by atoms with van der Waals surface area (Å²) in [5.74, 6) is 0.362. The highest BCUT2D eigenvalue weighted by Crippen LogP contribution is 2.30. The average molecular weight is 377 g/mol. The van der Waals surface area contributed by atoms with Gasteiger partial charge in [0.25, 0.3) is 5.56 Å². The topological polar surface area (TPSA) is 73.6 Å². The van der Waals surface area contributed by atoms with Crippen LogP contribution in [0.1, 0.15) is 49.0 Å². The van der Waals surface area contributed by atoms with Crippen molar-refractivity contribution in [2.75, 3.05) is 0 Å². The standard InChI is InChI=1S/C18H18F3N5O/c1-4-10(2)13-7-12-8-24-11(3)25-16(12)26(17(13)27)9-14-15(18(19,20)21)23-6-5-22-14/h5-8,10H,4,9H2,1-3H3. The van der Waals surface area contributed by atoms with E-state index in [4.69, 9.17) is 0 Å². The van der Waals surface area contributed by atoms with Gasteiger partial charge in [0.1, 0.15) is 11.5 Å². The molecule has 3 heterocycles. The maximum atomic E-state index is 13.3. The Morgan fingerprint density at radius 1 is 1.19 bits per heavy atom. The molecule has 0 saturated heterocycles. The van der Waals surface area contributed by atoms with E-state index in [0.29, 0.717) is 23.2 Å². The van der Waals surface area contributed by atoms with E-state index >= 15 is 0 Å². The van der Waals surface area contributed by atoms with Crippen molar-refractivity contribution >= 4 is 11.0 Å². The van der Waals surface area contributed by atoms with Gasteiger partial charge in [-0.25, -0.2) is 15.0 Å². The molecule has 1 atom stereocenters. The van der Waals surface area contributed by atoms with Crippen LogP contribution in [0, 0.1) is 6.92 Å². The Labute approximate surface area is 153 Å². The zero-order chi connectivity index (χ0) is 19.8. The molecule has 0 saturated carbocycles. The number of alkyl halides is 3. The predicted molar refractivity (Wildman–Crippen MR) is 93.4 cm³/mol. The summed E-state index contributed by atoms with van der Waals surface area (Å²) in [5, 5.41) is 0.591. The van der Waals surface area contributed by atoms with Crippen LogP contribution in [0.3, 0.4) is 0 Å². The molecule has 0 aliphatic carbocycles. The SMILES string of the molecule is CCC(C)c1cc2cnc(C)nc2n(Cc2nccnc2C(F)(F)F)c1=O. The molecule has 0 radical (unpaired) electrons. The second-order valence-corrected chi connectivity index (χ2v) is 6.35. The average Bonchev–Trinajstić information content (AvgIpc) is 2.63. The summed E-state index contributed by atoms with van der Waals surface area (Å²) in [7, 11) is 0. The van der Waals surface area contributed by atoms with Crippen molar-refractivity contribution in [3.05, 3.63) is 57.8 Å². The van der Waals surface area contributed by atoms with Gasteiger partial charge >= 0.3 is 6.18 Å². The Morgan fingerprint density at radius 2 is 1.89 bits per heavy atom. The van der Waals surface area contributed by atoms with Gasteiger partial charge in [-0.3, -0.25) is 14.3 Å². The maximum Gasteiger partial charge on any atom is 0.435 e. The molecule has 0 spiro atoms. The molecular weight excluding hydrogens is 359 g/mol. The molecular formula is C18H18F3N5O. The number of hydrogen-bond donors (Lipinski definition) is 0. The molecule has 0 amide bonds. The molecule has 27 heavy (non-hydrogen) atoms. The van der Waals surface area contributed by atoms with E-state index in [9.17, 15) is 18.0 Å². The summed E-state index contributed by atoms with van der Waals surface area (Å²) >= 11 is 0. The fraction of sp³-hybridized carbons (Fsp3) is 0.389. The third-order valence-electron chi connectivity index (χ3n) is 4.47. The lowest BCUT2D eigenvalue weighted by atomic mass is 9.99. The lowest BCUT2D eigenvalue weighted by Crippen LogP contribution is -2.28. The minimum Gasteiger partial charge on any atom is -0.286 e. The largest absolute Gasteiger partial charge is 0.435 e. The van der Waals surface area contributed by atoms with E-state index in [-0.39, 0.29) is 29.4 Å².